The van der Waals surface area contributed by atoms with E-state index >= 15 is 0 Å². The zero-order valence-corrected chi connectivity index (χ0v) is 11.3. The molecule has 0 unspecified atom stereocenters. The van der Waals surface area contributed by atoms with Crippen molar-refractivity contribution >= 4 is 35.8 Å². The first-order valence-electron chi connectivity index (χ1n) is 5.40. The van der Waals surface area contributed by atoms with Crippen LogP contribution in [0.4, 0.5) is 0 Å². The van der Waals surface area contributed by atoms with Crippen LogP contribution in [0.2, 0.25) is 0 Å². The highest BCUT2D eigenvalue weighted by atomic mass is 32.1. The van der Waals surface area contributed by atoms with Gasteiger partial charge in [-0.25, -0.2) is 0 Å². The molecular formula is C11H14N2O2S2. The topological polar surface area (TPSA) is 40.6 Å². The highest BCUT2D eigenvalue weighted by Gasteiger charge is 2.23. The van der Waals surface area contributed by atoms with Gasteiger partial charge in [-0.2, -0.15) is 0 Å². The van der Waals surface area contributed by atoms with Crippen molar-refractivity contribution in [2.75, 3.05) is 26.2 Å². The Morgan fingerprint density at radius 1 is 1.24 bits per heavy atom. The molecule has 1 aromatic rings. The molecule has 4 nitrogen and oxygen atoms in total. The van der Waals surface area contributed by atoms with Gasteiger partial charge in [0.25, 0.3) is 5.91 Å². The summed E-state index contributed by atoms with van der Waals surface area (Å²) in [5, 5.41) is 1.85. The Bertz CT molecular complexity index is 436. The lowest BCUT2D eigenvalue weighted by atomic mass is 10.3. The second-order valence-electron chi connectivity index (χ2n) is 3.97. The van der Waals surface area contributed by atoms with Gasteiger partial charge in [0.2, 0.25) is 5.91 Å². The van der Waals surface area contributed by atoms with Gasteiger partial charge in [0.05, 0.1) is 4.88 Å². The minimum atomic E-state index is 0.0403. The highest BCUT2D eigenvalue weighted by Crippen LogP contribution is 2.20. The molecule has 2 heterocycles. The summed E-state index contributed by atoms with van der Waals surface area (Å²) >= 11 is 5.60. The van der Waals surface area contributed by atoms with Crippen molar-refractivity contribution in [1.82, 2.24) is 9.80 Å². The van der Waals surface area contributed by atoms with E-state index < -0.39 is 0 Å². The van der Waals surface area contributed by atoms with Crippen molar-refractivity contribution in [3.8, 4) is 0 Å². The van der Waals surface area contributed by atoms with Crippen LogP contribution in [0.5, 0.6) is 0 Å². The van der Waals surface area contributed by atoms with Crippen molar-refractivity contribution in [3.05, 3.63) is 16.3 Å². The van der Waals surface area contributed by atoms with E-state index in [1.807, 2.05) is 5.38 Å². The lowest BCUT2D eigenvalue weighted by Gasteiger charge is -2.33. The average molecular weight is 270 g/mol. The average Bonchev–Trinajstić information content (AvgIpc) is 2.75. The Balaban J connectivity index is 1.97. The van der Waals surface area contributed by atoms with Crippen LogP contribution < -0.4 is 0 Å². The fourth-order valence-electron chi connectivity index (χ4n) is 1.82. The minimum absolute atomic E-state index is 0.0403. The monoisotopic (exact) mass is 270 g/mol. The van der Waals surface area contributed by atoms with Crippen LogP contribution in [-0.2, 0) is 4.79 Å². The number of rotatable bonds is 1. The molecule has 2 rings (SSSR count). The quantitative estimate of drug-likeness (QED) is 0.782. The number of hydrogen-bond donors (Lipinski definition) is 1. The standard InChI is InChI=1S/C11H14N2O2S2/c1-8(14)12-2-4-13(5-3-12)11(15)10-6-9(16)7-17-10/h6-7,16H,2-5H2,1H3. The fourth-order valence-corrected chi connectivity index (χ4v) is 2.93. The number of thiol groups is 1. The minimum Gasteiger partial charge on any atom is -0.339 e. The molecule has 2 amide bonds. The zero-order valence-electron chi connectivity index (χ0n) is 9.55. The molecule has 1 aliphatic heterocycles. The third-order valence-corrected chi connectivity index (χ3v) is 4.16. The van der Waals surface area contributed by atoms with Gasteiger partial charge in [-0.3, -0.25) is 9.59 Å². The molecule has 1 aromatic heterocycles. The molecule has 1 aliphatic rings. The molecule has 1 saturated heterocycles. The summed E-state index contributed by atoms with van der Waals surface area (Å²) in [5.41, 5.74) is 0. The first-order valence-corrected chi connectivity index (χ1v) is 6.73. The van der Waals surface area contributed by atoms with Gasteiger partial charge in [-0.15, -0.1) is 24.0 Å². The van der Waals surface area contributed by atoms with Gasteiger partial charge in [0, 0.05) is 43.4 Å². The Morgan fingerprint density at radius 3 is 2.29 bits per heavy atom. The van der Waals surface area contributed by atoms with Gasteiger partial charge in [-0.1, -0.05) is 0 Å². The van der Waals surface area contributed by atoms with Gasteiger partial charge < -0.3 is 9.80 Å². The van der Waals surface area contributed by atoms with E-state index in [2.05, 4.69) is 12.6 Å². The fraction of sp³-hybridized carbons (Fsp3) is 0.455. The van der Waals surface area contributed by atoms with E-state index in [1.165, 1.54) is 11.3 Å². The lowest BCUT2D eigenvalue weighted by molar-refractivity contribution is -0.130. The van der Waals surface area contributed by atoms with Crippen LogP contribution in [-0.4, -0.2) is 47.8 Å². The second kappa shape index (κ2) is 5.10. The van der Waals surface area contributed by atoms with E-state index in [1.54, 1.807) is 22.8 Å². The Hall–Kier alpha value is -1.01. The molecule has 0 radical (unpaired) electrons. The molecule has 17 heavy (non-hydrogen) atoms. The molecule has 0 spiro atoms. The number of carbonyl (C=O) groups excluding carboxylic acids is 2. The second-order valence-corrected chi connectivity index (χ2v) is 5.40. The summed E-state index contributed by atoms with van der Waals surface area (Å²) in [6.07, 6.45) is 0. The van der Waals surface area contributed by atoms with E-state index in [4.69, 9.17) is 0 Å². The highest BCUT2D eigenvalue weighted by molar-refractivity contribution is 7.80. The number of carbonyl (C=O) groups is 2. The largest absolute Gasteiger partial charge is 0.339 e. The molecule has 6 heteroatoms. The van der Waals surface area contributed by atoms with Gasteiger partial charge in [0.1, 0.15) is 0 Å². The van der Waals surface area contributed by atoms with Crippen molar-refractivity contribution in [2.24, 2.45) is 0 Å². The number of hydrogen-bond acceptors (Lipinski definition) is 4. The van der Waals surface area contributed by atoms with Gasteiger partial charge >= 0.3 is 0 Å². The number of nitrogens with zero attached hydrogens (tertiary/aromatic N) is 2. The van der Waals surface area contributed by atoms with E-state index in [-0.39, 0.29) is 11.8 Å². The maximum absolute atomic E-state index is 12.1. The summed E-state index contributed by atoms with van der Waals surface area (Å²) in [6, 6.07) is 1.79. The van der Waals surface area contributed by atoms with Crippen molar-refractivity contribution in [1.29, 1.82) is 0 Å². The SMILES string of the molecule is CC(=O)N1CCN(C(=O)c2cc(S)cs2)CC1. The maximum atomic E-state index is 12.1. The summed E-state index contributed by atoms with van der Waals surface area (Å²) in [4.78, 5) is 28.3. The van der Waals surface area contributed by atoms with Crippen LogP contribution in [0.15, 0.2) is 16.3 Å². The third-order valence-electron chi connectivity index (χ3n) is 2.81. The third kappa shape index (κ3) is 2.81. The number of thiophene rings is 1. The first-order chi connectivity index (χ1) is 8.08. The summed E-state index contributed by atoms with van der Waals surface area (Å²) in [5.74, 6) is 0.115. The first kappa shape index (κ1) is 12.4. The van der Waals surface area contributed by atoms with E-state index in [9.17, 15) is 9.59 Å². The Labute approximate surface area is 110 Å². The molecular weight excluding hydrogens is 256 g/mol. The summed E-state index contributed by atoms with van der Waals surface area (Å²) in [7, 11) is 0. The number of amides is 2. The van der Waals surface area contributed by atoms with Crippen molar-refractivity contribution in [2.45, 2.75) is 11.8 Å². The van der Waals surface area contributed by atoms with Crippen molar-refractivity contribution < 1.29 is 9.59 Å². The van der Waals surface area contributed by atoms with Crippen molar-refractivity contribution in [3.63, 3.8) is 0 Å². The van der Waals surface area contributed by atoms with Crippen LogP contribution in [0, 0.1) is 0 Å². The molecule has 0 aromatic carbocycles. The smallest absolute Gasteiger partial charge is 0.264 e. The molecule has 92 valence electrons. The predicted octanol–water partition coefficient (Wildman–Crippen LogP) is 1.34. The summed E-state index contributed by atoms with van der Waals surface area (Å²) < 4.78 is 0. The molecule has 0 N–H and O–H groups in total. The normalized spacial score (nSPS) is 16.1. The predicted molar refractivity (Wildman–Crippen MR) is 69.7 cm³/mol. The summed E-state index contributed by atoms with van der Waals surface area (Å²) in [6.45, 7) is 4.03. The molecule has 0 saturated carbocycles. The Kier molecular flexibility index (Phi) is 3.73. The lowest BCUT2D eigenvalue weighted by Crippen LogP contribution is -2.49. The maximum Gasteiger partial charge on any atom is 0.264 e. The van der Waals surface area contributed by atoms with Crippen LogP contribution in [0.25, 0.3) is 0 Å². The van der Waals surface area contributed by atoms with E-state index in [0.29, 0.717) is 31.1 Å². The molecule has 1 fully saturated rings. The van der Waals surface area contributed by atoms with Crippen LogP contribution in [0.3, 0.4) is 0 Å². The van der Waals surface area contributed by atoms with Gasteiger partial charge in [-0.05, 0) is 6.07 Å². The number of piperazine rings is 1. The molecule has 0 atom stereocenters. The molecule has 0 bridgehead atoms. The Morgan fingerprint density at radius 2 is 1.82 bits per heavy atom. The van der Waals surface area contributed by atoms with Crippen LogP contribution in [0.1, 0.15) is 16.6 Å². The van der Waals surface area contributed by atoms with Gasteiger partial charge in [0.15, 0.2) is 0 Å². The van der Waals surface area contributed by atoms with Crippen LogP contribution >= 0.6 is 24.0 Å². The zero-order chi connectivity index (χ0) is 12.4. The van der Waals surface area contributed by atoms with E-state index in [0.717, 1.165) is 4.90 Å². The molecule has 0 aliphatic carbocycles.